The minimum absolute atomic E-state index is 0.177. The SMILES string of the molecule is COc1ncc(C(=O)Nc2ccc([C@H]3CC[C@@H](C(=O)NC(C)(C)C(=O)O)CC3)cc2)cc1Cl. The summed E-state index contributed by atoms with van der Waals surface area (Å²) in [5.74, 6) is -1.18. The molecule has 1 heterocycles. The number of hydrogen-bond acceptors (Lipinski definition) is 5. The van der Waals surface area contributed by atoms with E-state index in [4.69, 9.17) is 16.3 Å². The van der Waals surface area contributed by atoms with Gasteiger partial charge in [-0.25, -0.2) is 9.78 Å². The fourth-order valence-corrected chi connectivity index (χ4v) is 4.14. The highest BCUT2D eigenvalue weighted by molar-refractivity contribution is 6.32. The number of halogens is 1. The van der Waals surface area contributed by atoms with Crippen molar-refractivity contribution in [1.29, 1.82) is 0 Å². The fourth-order valence-electron chi connectivity index (χ4n) is 3.89. The maximum absolute atomic E-state index is 12.5. The fraction of sp³-hybridized carbons (Fsp3) is 0.417. The Morgan fingerprint density at radius 3 is 2.30 bits per heavy atom. The van der Waals surface area contributed by atoms with E-state index in [1.54, 1.807) is 0 Å². The topological polar surface area (TPSA) is 118 Å². The Kier molecular flexibility index (Phi) is 7.58. The number of methoxy groups -OCH3 is 1. The zero-order chi connectivity index (χ0) is 24.2. The number of ether oxygens (including phenoxy) is 1. The number of pyridine rings is 1. The molecule has 0 atom stereocenters. The number of carbonyl (C=O) groups excluding carboxylic acids is 2. The summed E-state index contributed by atoms with van der Waals surface area (Å²) in [6, 6.07) is 9.16. The van der Waals surface area contributed by atoms with E-state index in [1.807, 2.05) is 24.3 Å². The zero-order valence-corrected chi connectivity index (χ0v) is 19.6. The summed E-state index contributed by atoms with van der Waals surface area (Å²) < 4.78 is 5.00. The van der Waals surface area contributed by atoms with Gasteiger partial charge in [-0.3, -0.25) is 9.59 Å². The maximum atomic E-state index is 12.5. The third kappa shape index (κ3) is 6.01. The van der Waals surface area contributed by atoms with Crippen molar-refractivity contribution in [3.8, 4) is 5.88 Å². The van der Waals surface area contributed by atoms with Crippen LogP contribution in [0, 0.1) is 5.92 Å². The van der Waals surface area contributed by atoms with E-state index in [0.717, 1.165) is 18.4 Å². The molecule has 1 aromatic heterocycles. The lowest BCUT2D eigenvalue weighted by atomic mass is 9.78. The van der Waals surface area contributed by atoms with Crippen LogP contribution in [0.2, 0.25) is 5.02 Å². The molecule has 1 saturated carbocycles. The summed E-state index contributed by atoms with van der Waals surface area (Å²) in [5, 5.41) is 14.9. The van der Waals surface area contributed by atoms with Gasteiger partial charge < -0.3 is 20.5 Å². The number of carboxylic acid groups (broad SMARTS) is 1. The molecule has 0 radical (unpaired) electrons. The summed E-state index contributed by atoms with van der Waals surface area (Å²) >= 11 is 6.04. The number of anilines is 1. The molecule has 8 nitrogen and oxygen atoms in total. The molecule has 176 valence electrons. The number of rotatable bonds is 7. The van der Waals surface area contributed by atoms with E-state index >= 15 is 0 Å². The molecule has 33 heavy (non-hydrogen) atoms. The lowest BCUT2D eigenvalue weighted by molar-refractivity contribution is -0.146. The van der Waals surface area contributed by atoms with Gasteiger partial charge in [-0.1, -0.05) is 23.7 Å². The van der Waals surface area contributed by atoms with Crippen LogP contribution in [-0.4, -0.2) is 40.5 Å². The van der Waals surface area contributed by atoms with Crippen LogP contribution in [0.25, 0.3) is 0 Å². The molecule has 0 bridgehead atoms. The van der Waals surface area contributed by atoms with Gasteiger partial charge in [0.1, 0.15) is 10.6 Å². The number of carbonyl (C=O) groups is 3. The van der Waals surface area contributed by atoms with E-state index < -0.39 is 11.5 Å². The highest BCUT2D eigenvalue weighted by Crippen LogP contribution is 2.36. The first-order valence-corrected chi connectivity index (χ1v) is 11.1. The van der Waals surface area contributed by atoms with Gasteiger partial charge in [-0.05, 0) is 69.2 Å². The lowest BCUT2D eigenvalue weighted by Gasteiger charge is -2.30. The quantitative estimate of drug-likeness (QED) is 0.553. The third-order valence-corrected chi connectivity index (χ3v) is 6.24. The molecule has 1 aromatic carbocycles. The maximum Gasteiger partial charge on any atom is 0.328 e. The highest BCUT2D eigenvalue weighted by atomic mass is 35.5. The lowest BCUT2D eigenvalue weighted by Crippen LogP contribution is -2.51. The van der Waals surface area contributed by atoms with E-state index in [2.05, 4.69) is 15.6 Å². The number of hydrogen-bond donors (Lipinski definition) is 3. The van der Waals surface area contributed by atoms with Crippen LogP contribution in [0.5, 0.6) is 5.88 Å². The predicted molar refractivity (Wildman–Crippen MR) is 125 cm³/mol. The molecule has 9 heteroatoms. The predicted octanol–water partition coefficient (Wildman–Crippen LogP) is 4.25. The number of nitrogens with zero attached hydrogens (tertiary/aromatic N) is 1. The second-order valence-corrected chi connectivity index (χ2v) is 9.17. The number of aromatic nitrogens is 1. The van der Waals surface area contributed by atoms with Gasteiger partial charge in [0.15, 0.2) is 0 Å². The molecule has 1 aliphatic rings. The minimum Gasteiger partial charge on any atom is -0.480 e. The summed E-state index contributed by atoms with van der Waals surface area (Å²) in [7, 11) is 1.46. The smallest absolute Gasteiger partial charge is 0.328 e. The van der Waals surface area contributed by atoms with Crippen LogP contribution >= 0.6 is 11.6 Å². The molecule has 2 amide bonds. The average molecular weight is 474 g/mol. The van der Waals surface area contributed by atoms with Crippen LogP contribution in [0.15, 0.2) is 36.5 Å². The Morgan fingerprint density at radius 2 is 1.76 bits per heavy atom. The number of aliphatic carboxylic acids is 1. The second kappa shape index (κ2) is 10.2. The largest absolute Gasteiger partial charge is 0.480 e. The van der Waals surface area contributed by atoms with Crippen molar-refractivity contribution in [3.05, 3.63) is 52.7 Å². The third-order valence-electron chi connectivity index (χ3n) is 5.97. The van der Waals surface area contributed by atoms with Gasteiger partial charge in [-0.2, -0.15) is 0 Å². The molecule has 0 aliphatic heterocycles. The van der Waals surface area contributed by atoms with E-state index in [0.29, 0.717) is 30.0 Å². The first-order valence-electron chi connectivity index (χ1n) is 10.8. The summed E-state index contributed by atoms with van der Waals surface area (Å²) in [4.78, 5) is 40.2. The Morgan fingerprint density at radius 1 is 1.12 bits per heavy atom. The number of nitrogens with one attached hydrogen (secondary N) is 2. The van der Waals surface area contributed by atoms with E-state index in [1.165, 1.54) is 33.2 Å². The van der Waals surface area contributed by atoms with Gasteiger partial charge >= 0.3 is 5.97 Å². The molecule has 3 N–H and O–H groups in total. The molecule has 2 aromatic rings. The van der Waals surface area contributed by atoms with Crippen molar-refractivity contribution in [1.82, 2.24) is 10.3 Å². The molecule has 0 spiro atoms. The second-order valence-electron chi connectivity index (χ2n) is 8.76. The van der Waals surface area contributed by atoms with Gasteiger partial charge in [0.2, 0.25) is 11.8 Å². The van der Waals surface area contributed by atoms with Crippen LogP contribution in [0.4, 0.5) is 5.69 Å². The summed E-state index contributed by atoms with van der Waals surface area (Å²) in [5.41, 5.74) is 0.848. The normalized spacial score (nSPS) is 18.3. The zero-order valence-electron chi connectivity index (χ0n) is 18.9. The van der Waals surface area contributed by atoms with Crippen LogP contribution < -0.4 is 15.4 Å². The Bertz CT molecular complexity index is 1030. The van der Waals surface area contributed by atoms with E-state index in [-0.39, 0.29) is 28.6 Å². The van der Waals surface area contributed by atoms with Gasteiger partial charge in [0.25, 0.3) is 5.91 Å². The molecular weight excluding hydrogens is 446 g/mol. The number of benzene rings is 1. The first-order chi connectivity index (χ1) is 15.6. The molecule has 3 rings (SSSR count). The molecule has 1 aliphatic carbocycles. The van der Waals surface area contributed by atoms with Crippen molar-refractivity contribution >= 4 is 35.1 Å². The van der Waals surface area contributed by atoms with Crippen molar-refractivity contribution in [2.45, 2.75) is 51.0 Å². The number of amides is 2. The molecule has 1 fully saturated rings. The van der Waals surface area contributed by atoms with Crippen molar-refractivity contribution in [3.63, 3.8) is 0 Å². The standard InChI is InChI=1S/C24H28ClN3O5/c1-24(2,23(31)32)28-21(30)16-6-4-14(5-7-16)15-8-10-18(11-9-15)27-20(29)17-12-19(25)22(33-3)26-13-17/h8-14,16H,4-7H2,1-3H3,(H,27,29)(H,28,30)(H,31,32)/t14-,16+. The average Bonchev–Trinajstić information content (AvgIpc) is 2.79. The highest BCUT2D eigenvalue weighted by Gasteiger charge is 2.33. The first kappa shape index (κ1) is 24.5. The molecular formula is C24H28ClN3O5. The molecule has 0 unspecified atom stereocenters. The van der Waals surface area contributed by atoms with Crippen LogP contribution in [0.3, 0.4) is 0 Å². The van der Waals surface area contributed by atoms with Crippen molar-refractivity contribution < 1.29 is 24.2 Å². The monoisotopic (exact) mass is 473 g/mol. The van der Waals surface area contributed by atoms with Crippen LogP contribution in [-0.2, 0) is 9.59 Å². The van der Waals surface area contributed by atoms with Crippen LogP contribution in [0.1, 0.15) is 61.4 Å². The van der Waals surface area contributed by atoms with Gasteiger partial charge in [0.05, 0.1) is 12.7 Å². The summed E-state index contributed by atoms with van der Waals surface area (Å²) in [6.45, 7) is 2.97. The van der Waals surface area contributed by atoms with E-state index in [9.17, 15) is 19.5 Å². The van der Waals surface area contributed by atoms with Gasteiger partial charge in [0, 0.05) is 17.8 Å². The Balaban J connectivity index is 1.55. The van der Waals surface area contributed by atoms with Gasteiger partial charge in [-0.15, -0.1) is 0 Å². The Hall–Kier alpha value is -3.13. The minimum atomic E-state index is -1.28. The molecule has 0 saturated heterocycles. The Labute approximate surface area is 197 Å². The van der Waals surface area contributed by atoms with Crippen molar-refractivity contribution in [2.24, 2.45) is 5.92 Å². The van der Waals surface area contributed by atoms with Crippen molar-refractivity contribution in [2.75, 3.05) is 12.4 Å². The summed E-state index contributed by atoms with van der Waals surface area (Å²) in [6.07, 6.45) is 4.49. The number of carboxylic acids is 1.